The minimum absolute atomic E-state index is 0.0105. The van der Waals surface area contributed by atoms with Gasteiger partial charge in [-0.2, -0.15) is 0 Å². The molecule has 1 heterocycles. The van der Waals surface area contributed by atoms with Crippen LogP contribution in [0, 0.1) is 17.8 Å². The second-order valence-corrected chi connectivity index (χ2v) is 14.6. The Labute approximate surface area is 298 Å². The molecule has 4 amide bonds. The van der Waals surface area contributed by atoms with Crippen LogP contribution >= 0.6 is 0 Å². The molecule has 0 bridgehead atoms. The molecule has 8 atom stereocenters. The van der Waals surface area contributed by atoms with E-state index in [0.29, 0.717) is 19.4 Å². The van der Waals surface area contributed by atoms with Gasteiger partial charge in [-0.05, 0) is 51.1 Å². The number of nitrogens with one attached hydrogen (secondary N) is 2. The quantitative estimate of drug-likeness (QED) is 0.167. The Bertz CT molecular complexity index is 1290. The van der Waals surface area contributed by atoms with Crippen molar-refractivity contribution in [2.24, 2.45) is 23.5 Å². The maximum atomic E-state index is 14.1. The number of carbonyl (C=O) groups is 5. The second-order valence-electron chi connectivity index (χ2n) is 14.6. The largest absolute Gasteiger partial charge is 0.480 e. The predicted molar refractivity (Wildman–Crippen MR) is 191 cm³/mol. The lowest BCUT2D eigenvalue weighted by molar-refractivity contribution is -0.146. The smallest absolute Gasteiger partial charge is 0.326 e. The molecule has 1 fully saturated rings. The predicted octanol–water partition coefficient (Wildman–Crippen LogP) is 2.60. The van der Waals surface area contributed by atoms with Gasteiger partial charge in [-0.3, -0.25) is 29.4 Å². The maximum absolute atomic E-state index is 14.1. The molecule has 13 heteroatoms. The molecule has 0 radical (unpaired) electrons. The number of rotatable bonds is 19. The lowest BCUT2D eigenvalue weighted by Crippen LogP contribution is -2.60. The van der Waals surface area contributed by atoms with Crippen molar-refractivity contribution in [1.29, 1.82) is 0 Å². The van der Waals surface area contributed by atoms with E-state index < -0.39 is 65.5 Å². The van der Waals surface area contributed by atoms with Crippen molar-refractivity contribution in [3.63, 3.8) is 0 Å². The van der Waals surface area contributed by atoms with E-state index >= 15 is 0 Å². The number of carbonyl (C=O) groups excluding carboxylic acids is 4. The number of likely N-dealkylation sites (N-methyl/N-ethyl adjacent to an activating group) is 1. The third-order valence-corrected chi connectivity index (χ3v) is 9.99. The number of ether oxygens (including phenoxy) is 2. The lowest BCUT2D eigenvalue weighted by atomic mass is 9.87. The number of imide groups is 1. The summed E-state index contributed by atoms with van der Waals surface area (Å²) in [5, 5.41) is 15.0. The van der Waals surface area contributed by atoms with Crippen molar-refractivity contribution < 1.29 is 38.6 Å². The average molecular weight is 704 g/mol. The van der Waals surface area contributed by atoms with Gasteiger partial charge in [-0.25, -0.2) is 4.79 Å². The molecule has 1 aliphatic rings. The van der Waals surface area contributed by atoms with Crippen molar-refractivity contribution in [3.8, 4) is 0 Å². The molecular weight excluding hydrogens is 642 g/mol. The van der Waals surface area contributed by atoms with E-state index in [2.05, 4.69) is 10.6 Å². The number of hydrogen-bond acceptors (Lipinski definition) is 9. The molecule has 0 spiro atoms. The van der Waals surface area contributed by atoms with Gasteiger partial charge in [0, 0.05) is 33.2 Å². The van der Waals surface area contributed by atoms with Gasteiger partial charge in [-0.1, -0.05) is 71.4 Å². The van der Waals surface area contributed by atoms with E-state index in [4.69, 9.17) is 15.2 Å². The number of nitrogens with zero attached hydrogens (tertiary/aromatic N) is 2. The van der Waals surface area contributed by atoms with E-state index in [1.54, 1.807) is 18.9 Å². The molecule has 50 heavy (non-hydrogen) atoms. The SMILES string of the molecule is CC[C@H](C)[C@@H]([C@@H](CC(=O)N1CCC[C@@H]1[C@H](OC)[C@@H](C)C(=O)N[C@@H](Cc1ccccc1)C(=O)O)OC)N(C)[C@H](C(=O)NC(=O)C(C)(C)N)C(C)C. The molecule has 0 unspecified atom stereocenters. The van der Waals surface area contributed by atoms with Crippen LogP contribution in [0.3, 0.4) is 0 Å². The van der Waals surface area contributed by atoms with E-state index in [0.717, 1.165) is 12.0 Å². The Morgan fingerprint density at radius 1 is 1.04 bits per heavy atom. The maximum Gasteiger partial charge on any atom is 0.326 e. The van der Waals surface area contributed by atoms with Gasteiger partial charge < -0.3 is 30.5 Å². The Kier molecular flexibility index (Phi) is 16.5. The van der Waals surface area contributed by atoms with E-state index in [9.17, 15) is 29.1 Å². The molecule has 0 aliphatic carbocycles. The number of amides is 4. The van der Waals surface area contributed by atoms with Gasteiger partial charge in [0.25, 0.3) is 0 Å². The minimum atomic E-state index is -1.24. The number of benzene rings is 1. The summed E-state index contributed by atoms with van der Waals surface area (Å²) >= 11 is 0. The first-order valence-electron chi connectivity index (χ1n) is 17.7. The standard InChI is InChI=1S/C37H61N5O8/c1-11-23(4)31(41(8)30(22(2)3)34(45)40-36(48)37(6,7)38)28(49-9)21-29(43)42-19-15-18-27(42)32(50-10)24(5)33(44)39-26(35(46)47)20-25-16-13-12-14-17-25/h12-14,16-17,22-24,26-28,30-32H,11,15,18-21,38H2,1-10H3,(H,39,44)(H,46,47)(H,40,45,48)/t23-,24+,26-,27+,28+,30-,31-,32+/m0/s1. The number of likely N-dealkylation sites (tertiary alicyclic amines) is 1. The van der Waals surface area contributed by atoms with Gasteiger partial charge in [-0.15, -0.1) is 0 Å². The fraction of sp³-hybridized carbons (Fsp3) is 0.703. The van der Waals surface area contributed by atoms with Gasteiger partial charge in [0.15, 0.2) is 0 Å². The Morgan fingerprint density at radius 2 is 1.66 bits per heavy atom. The zero-order valence-electron chi connectivity index (χ0n) is 31.6. The number of hydrogen-bond donors (Lipinski definition) is 4. The number of nitrogens with two attached hydrogens (primary N) is 1. The summed E-state index contributed by atoms with van der Waals surface area (Å²) in [5.74, 6) is -3.75. The van der Waals surface area contributed by atoms with Gasteiger partial charge in [0.1, 0.15) is 6.04 Å². The number of carboxylic acid groups (broad SMARTS) is 1. The Balaban J connectivity index is 2.27. The molecule has 0 aromatic heterocycles. The van der Waals surface area contributed by atoms with Crippen molar-refractivity contribution in [3.05, 3.63) is 35.9 Å². The number of aliphatic carboxylic acids is 1. The highest BCUT2D eigenvalue weighted by Gasteiger charge is 2.43. The van der Waals surface area contributed by atoms with Crippen LogP contribution in [-0.2, 0) is 39.9 Å². The molecule has 1 aliphatic heterocycles. The summed E-state index contributed by atoms with van der Waals surface area (Å²) in [6, 6.07) is 6.47. The highest BCUT2D eigenvalue weighted by Crippen LogP contribution is 2.30. The zero-order chi connectivity index (χ0) is 37.9. The summed E-state index contributed by atoms with van der Waals surface area (Å²) < 4.78 is 11.8. The molecule has 1 saturated heterocycles. The van der Waals surface area contributed by atoms with Crippen LogP contribution in [0.5, 0.6) is 0 Å². The topological polar surface area (TPSA) is 181 Å². The average Bonchev–Trinajstić information content (AvgIpc) is 3.53. The van der Waals surface area contributed by atoms with Gasteiger partial charge >= 0.3 is 5.97 Å². The summed E-state index contributed by atoms with van der Waals surface area (Å²) in [5.41, 5.74) is 5.48. The van der Waals surface area contributed by atoms with E-state index in [-0.39, 0.29) is 36.6 Å². The summed E-state index contributed by atoms with van der Waals surface area (Å²) in [4.78, 5) is 69.3. The molecule has 13 nitrogen and oxygen atoms in total. The molecule has 2 rings (SSSR count). The lowest BCUT2D eigenvalue weighted by Gasteiger charge is -2.43. The monoisotopic (exact) mass is 703 g/mol. The summed E-state index contributed by atoms with van der Waals surface area (Å²) in [7, 11) is 4.86. The molecule has 0 saturated carbocycles. The third-order valence-electron chi connectivity index (χ3n) is 9.99. The van der Waals surface area contributed by atoms with Gasteiger partial charge in [0.2, 0.25) is 23.6 Å². The fourth-order valence-electron chi connectivity index (χ4n) is 7.04. The first kappa shape index (κ1) is 42.8. The highest BCUT2D eigenvalue weighted by atomic mass is 16.5. The first-order chi connectivity index (χ1) is 23.4. The molecule has 5 N–H and O–H groups in total. The molecule has 282 valence electrons. The van der Waals surface area contributed by atoms with Gasteiger partial charge in [0.05, 0.1) is 42.2 Å². The van der Waals surface area contributed by atoms with Crippen LogP contribution in [-0.4, -0.2) is 114 Å². The number of methoxy groups -OCH3 is 2. The third kappa shape index (κ3) is 11.3. The van der Waals surface area contributed by atoms with Crippen LogP contribution in [0.25, 0.3) is 0 Å². The zero-order valence-corrected chi connectivity index (χ0v) is 31.6. The van der Waals surface area contributed by atoms with Crippen molar-refractivity contribution in [1.82, 2.24) is 20.4 Å². The summed E-state index contributed by atoms with van der Waals surface area (Å²) in [6.07, 6.45) is 0.936. The first-order valence-corrected chi connectivity index (χ1v) is 17.7. The van der Waals surface area contributed by atoms with Crippen molar-refractivity contribution in [2.45, 2.75) is 122 Å². The van der Waals surface area contributed by atoms with Crippen LogP contribution < -0.4 is 16.4 Å². The molecular formula is C37H61N5O8. The van der Waals surface area contributed by atoms with Crippen molar-refractivity contribution in [2.75, 3.05) is 27.8 Å². The second kappa shape index (κ2) is 19.3. The van der Waals surface area contributed by atoms with Crippen LogP contribution in [0.2, 0.25) is 0 Å². The van der Waals surface area contributed by atoms with Crippen LogP contribution in [0.4, 0.5) is 0 Å². The van der Waals surface area contributed by atoms with Crippen molar-refractivity contribution >= 4 is 29.6 Å². The molecule has 1 aromatic carbocycles. The fourth-order valence-corrected chi connectivity index (χ4v) is 7.04. The Morgan fingerprint density at radius 3 is 2.16 bits per heavy atom. The van der Waals surface area contributed by atoms with E-state index in [1.165, 1.54) is 21.0 Å². The number of carboxylic acids is 1. The van der Waals surface area contributed by atoms with Crippen LogP contribution in [0.1, 0.15) is 79.7 Å². The normalized spacial score (nSPS) is 19.3. The van der Waals surface area contributed by atoms with E-state index in [1.807, 2.05) is 70.0 Å². The minimum Gasteiger partial charge on any atom is -0.480 e. The molecule has 1 aromatic rings. The Hall–Kier alpha value is -3.39. The highest BCUT2D eigenvalue weighted by molar-refractivity contribution is 6.01. The van der Waals surface area contributed by atoms with Crippen LogP contribution in [0.15, 0.2) is 30.3 Å². The summed E-state index contributed by atoms with van der Waals surface area (Å²) in [6.45, 7) is 13.1.